The van der Waals surface area contributed by atoms with Crippen LogP contribution in [0.15, 0.2) is 36.0 Å². The molecule has 0 aromatic rings. The molecule has 0 bridgehead atoms. The molecule has 0 rings (SSSR count). The maximum Gasteiger partial charge on any atom is -0.0401 e. The van der Waals surface area contributed by atoms with Crippen LogP contribution in [0.1, 0.15) is 20.8 Å². The van der Waals surface area contributed by atoms with Crippen molar-refractivity contribution in [3.63, 3.8) is 0 Å². The van der Waals surface area contributed by atoms with Crippen molar-refractivity contribution >= 4 is 0 Å². The maximum absolute atomic E-state index is 2.08. The van der Waals surface area contributed by atoms with Gasteiger partial charge in [-0.3, -0.25) is 0 Å². The molecule has 0 aromatic carbocycles. The summed E-state index contributed by atoms with van der Waals surface area (Å²) in [5.74, 6) is 0. The Bertz CT molecular complexity index is 136. The average Bonchev–Trinajstić information content (AvgIpc) is 1.89. The summed E-state index contributed by atoms with van der Waals surface area (Å²) < 4.78 is 0. The molecule has 0 aromatic heterocycles. The van der Waals surface area contributed by atoms with E-state index in [1.54, 1.807) is 0 Å². The lowest BCUT2D eigenvalue weighted by Gasteiger charge is -1.82. The minimum absolute atomic E-state index is 1.30. The Morgan fingerprint density at radius 3 is 2.22 bits per heavy atom. The topological polar surface area (TPSA) is 0 Å². The number of hydrogen-bond acceptors (Lipinski definition) is 0. The van der Waals surface area contributed by atoms with Crippen molar-refractivity contribution in [3.05, 3.63) is 36.0 Å². The Morgan fingerprint density at radius 1 is 1.11 bits per heavy atom. The third-order valence-corrected chi connectivity index (χ3v) is 1.12. The van der Waals surface area contributed by atoms with Gasteiger partial charge in [-0.1, -0.05) is 36.0 Å². The summed E-state index contributed by atoms with van der Waals surface area (Å²) in [5.41, 5.74) is 1.30. The maximum atomic E-state index is 2.08. The van der Waals surface area contributed by atoms with Crippen LogP contribution in [0, 0.1) is 0 Å². The molecule has 0 spiro atoms. The second kappa shape index (κ2) is 5.36. The Kier molecular flexibility index (Phi) is 4.89. The number of hydrogen-bond donors (Lipinski definition) is 0. The van der Waals surface area contributed by atoms with E-state index in [-0.39, 0.29) is 0 Å². The van der Waals surface area contributed by atoms with Crippen LogP contribution in [0.25, 0.3) is 0 Å². The molecule has 0 atom stereocenters. The molecule has 50 valence electrons. The fourth-order valence-electron chi connectivity index (χ4n) is 0.415. The molecule has 0 saturated heterocycles. The van der Waals surface area contributed by atoms with E-state index in [1.165, 1.54) is 5.57 Å². The zero-order valence-electron chi connectivity index (χ0n) is 6.39. The SMILES string of the molecule is C\C=C/C=C\C(C)=C\C. The van der Waals surface area contributed by atoms with E-state index < -0.39 is 0 Å². The summed E-state index contributed by atoms with van der Waals surface area (Å²) in [6.07, 6.45) is 10.2. The first-order valence-corrected chi connectivity index (χ1v) is 3.23. The molecule has 0 radical (unpaired) electrons. The standard InChI is InChI=1S/C9H14/c1-4-6-7-8-9(3)5-2/h4-8H,1-3H3/b6-4-,8-7-,9-5+. The van der Waals surface area contributed by atoms with Gasteiger partial charge in [0.1, 0.15) is 0 Å². The van der Waals surface area contributed by atoms with Crippen molar-refractivity contribution in [2.75, 3.05) is 0 Å². The number of rotatable bonds is 2. The first kappa shape index (κ1) is 8.22. The van der Waals surface area contributed by atoms with Crippen molar-refractivity contribution < 1.29 is 0 Å². The molecular formula is C9H14. The molecule has 0 aliphatic heterocycles. The largest absolute Gasteiger partial charge is 0.0877 e. The number of allylic oxidation sites excluding steroid dienone is 6. The van der Waals surface area contributed by atoms with Crippen LogP contribution in [0.2, 0.25) is 0 Å². The Labute approximate surface area is 57.6 Å². The van der Waals surface area contributed by atoms with Crippen LogP contribution in [0.3, 0.4) is 0 Å². The fourth-order valence-corrected chi connectivity index (χ4v) is 0.415. The molecule has 0 amide bonds. The zero-order valence-corrected chi connectivity index (χ0v) is 6.39. The van der Waals surface area contributed by atoms with Gasteiger partial charge in [0.25, 0.3) is 0 Å². The normalized spacial score (nSPS) is 13.9. The van der Waals surface area contributed by atoms with Crippen LogP contribution in [0.4, 0.5) is 0 Å². The van der Waals surface area contributed by atoms with Gasteiger partial charge in [-0.05, 0) is 20.8 Å². The molecule has 0 unspecified atom stereocenters. The monoisotopic (exact) mass is 122 g/mol. The summed E-state index contributed by atoms with van der Waals surface area (Å²) in [5, 5.41) is 0. The van der Waals surface area contributed by atoms with Gasteiger partial charge in [0, 0.05) is 0 Å². The molecule has 0 aliphatic rings. The van der Waals surface area contributed by atoms with E-state index in [9.17, 15) is 0 Å². The van der Waals surface area contributed by atoms with Crippen LogP contribution < -0.4 is 0 Å². The summed E-state index contributed by atoms with van der Waals surface area (Å²) in [7, 11) is 0. The van der Waals surface area contributed by atoms with Gasteiger partial charge >= 0.3 is 0 Å². The highest BCUT2D eigenvalue weighted by atomic mass is 13.8. The third kappa shape index (κ3) is 5.09. The van der Waals surface area contributed by atoms with E-state index in [2.05, 4.69) is 19.1 Å². The van der Waals surface area contributed by atoms with Crippen LogP contribution >= 0.6 is 0 Å². The summed E-state index contributed by atoms with van der Waals surface area (Å²) in [4.78, 5) is 0. The minimum atomic E-state index is 1.30. The summed E-state index contributed by atoms with van der Waals surface area (Å²) in [6.45, 7) is 6.13. The van der Waals surface area contributed by atoms with Crippen LogP contribution in [-0.2, 0) is 0 Å². The first-order valence-electron chi connectivity index (χ1n) is 3.23. The highest BCUT2D eigenvalue weighted by molar-refractivity contribution is 5.18. The molecular weight excluding hydrogens is 108 g/mol. The molecule has 0 N–H and O–H groups in total. The van der Waals surface area contributed by atoms with Crippen molar-refractivity contribution in [1.29, 1.82) is 0 Å². The van der Waals surface area contributed by atoms with E-state index in [0.29, 0.717) is 0 Å². The predicted molar refractivity (Wildman–Crippen MR) is 43.4 cm³/mol. The van der Waals surface area contributed by atoms with E-state index >= 15 is 0 Å². The molecule has 0 heterocycles. The van der Waals surface area contributed by atoms with Gasteiger partial charge in [-0.2, -0.15) is 0 Å². The van der Waals surface area contributed by atoms with E-state index in [4.69, 9.17) is 0 Å². The van der Waals surface area contributed by atoms with Gasteiger partial charge in [-0.15, -0.1) is 0 Å². The Hall–Kier alpha value is -0.780. The molecule has 0 nitrogen and oxygen atoms in total. The Balaban J connectivity index is 3.71. The van der Waals surface area contributed by atoms with Crippen molar-refractivity contribution in [2.24, 2.45) is 0 Å². The van der Waals surface area contributed by atoms with Crippen molar-refractivity contribution in [2.45, 2.75) is 20.8 Å². The van der Waals surface area contributed by atoms with Gasteiger partial charge in [0.05, 0.1) is 0 Å². The molecule has 9 heavy (non-hydrogen) atoms. The average molecular weight is 122 g/mol. The predicted octanol–water partition coefficient (Wildman–Crippen LogP) is 3.08. The molecule has 0 fully saturated rings. The van der Waals surface area contributed by atoms with Gasteiger partial charge in [0.15, 0.2) is 0 Å². The minimum Gasteiger partial charge on any atom is -0.0877 e. The quantitative estimate of drug-likeness (QED) is 0.494. The third-order valence-electron chi connectivity index (χ3n) is 1.12. The van der Waals surface area contributed by atoms with Crippen molar-refractivity contribution in [1.82, 2.24) is 0 Å². The van der Waals surface area contributed by atoms with Crippen LogP contribution in [-0.4, -0.2) is 0 Å². The summed E-state index contributed by atoms with van der Waals surface area (Å²) in [6, 6.07) is 0. The lowest BCUT2D eigenvalue weighted by Crippen LogP contribution is -1.61. The summed E-state index contributed by atoms with van der Waals surface area (Å²) >= 11 is 0. The molecule has 0 aliphatic carbocycles. The second-order valence-corrected chi connectivity index (χ2v) is 1.92. The Morgan fingerprint density at radius 2 is 1.78 bits per heavy atom. The van der Waals surface area contributed by atoms with Gasteiger partial charge in [-0.25, -0.2) is 0 Å². The lowest BCUT2D eigenvalue weighted by atomic mass is 10.2. The molecule has 0 saturated carbocycles. The van der Waals surface area contributed by atoms with Crippen LogP contribution in [0.5, 0.6) is 0 Å². The smallest absolute Gasteiger partial charge is 0.0401 e. The second-order valence-electron chi connectivity index (χ2n) is 1.92. The first-order chi connectivity index (χ1) is 4.31. The lowest BCUT2D eigenvalue weighted by molar-refractivity contribution is 1.48. The van der Waals surface area contributed by atoms with E-state index in [1.807, 2.05) is 32.1 Å². The van der Waals surface area contributed by atoms with Gasteiger partial charge < -0.3 is 0 Å². The van der Waals surface area contributed by atoms with Gasteiger partial charge in [0.2, 0.25) is 0 Å². The highest BCUT2D eigenvalue weighted by Crippen LogP contribution is 1.92. The fraction of sp³-hybridized carbons (Fsp3) is 0.333. The highest BCUT2D eigenvalue weighted by Gasteiger charge is 1.71. The van der Waals surface area contributed by atoms with Crippen molar-refractivity contribution in [3.8, 4) is 0 Å². The van der Waals surface area contributed by atoms with E-state index in [0.717, 1.165) is 0 Å². The molecule has 0 heteroatoms. The zero-order chi connectivity index (χ0) is 7.11.